The van der Waals surface area contributed by atoms with E-state index in [1.54, 1.807) is 6.92 Å². The van der Waals surface area contributed by atoms with Crippen LogP contribution in [0.5, 0.6) is 5.75 Å². The molecule has 30 heavy (non-hydrogen) atoms. The third-order valence-electron chi connectivity index (χ3n) is 4.13. The van der Waals surface area contributed by atoms with Gasteiger partial charge in [0.15, 0.2) is 0 Å². The lowest BCUT2D eigenvalue weighted by Crippen LogP contribution is -2.30. The van der Waals surface area contributed by atoms with Crippen molar-refractivity contribution in [2.75, 3.05) is 13.7 Å². The fourth-order valence-electron chi connectivity index (χ4n) is 2.75. The molecule has 2 aromatic rings. The molecule has 0 bridgehead atoms. The van der Waals surface area contributed by atoms with Gasteiger partial charge in [-0.2, -0.15) is 0 Å². The first-order valence-corrected chi connectivity index (χ1v) is 8.76. The Bertz CT molecular complexity index is 1060. The van der Waals surface area contributed by atoms with Gasteiger partial charge in [0, 0.05) is 17.7 Å². The number of nitro benzene ring substituents is 1. The minimum Gasteiger partial charge on any atom is -0.493 e. The number of hydrogen-bond acceptors (Lipinski definition) is 8. The molecule has 1 N–H and O–H groups in total. The summed E-state index contributed by atoms with van der Waals surface area (Å²) in [6.45, 7) is 1.84. The number of furan rings is 1. The van der Waals surface area contributed by atoms with Gasteiger partial charge < -0.3 is 19.2 Å². The summed E-state index contributed by atoms with van der Waals surface area (Å²) in [6.07, 6.45) is 1.31. The number of nitro groups is 1. The Labute approximate surface area is 170 Å². The fourth-order valence-corrected chi connectivity index (χ4v) is 2.75. The van der Waals surface area contributed by atoms with Crippen LogP contribution in [0, 0.1) is 10.1 Å². The van der Waals surface area contributed by atoms with Crippen molar-refractivity contribution in [2.45, 2.75) is 13.5 Å². The molecule has 156 valence electrons. The number of ether oxygens (including phenoxy) is 2. The second-order valence-corrected chi connectivity index (χ2v) is 6.05. The van der Waals surface area contributed by atoms with Crippen molar-refractivity contribution in [3.8, 4) is 5.75 Å². The Kier molecular flexibility index (Phi) is 5.81. The number of carbonyl (C=O) groups excluding carboxylic acids is 3. The van der Waals surface area contributed by atoms with E-state index in [-0.39, 0.29) is 35.0 Å². The first-order chi connectivity index (χ1) is 14.3. The molecule has 1 aliphatic heterocycles. The van der Waals surface area contributed by atoms with Gasteiger partial charge in [-0.15, -0.1) is 0 Å². The van der Waals surface area contributed by atoms with Crippen LogP contribution in [0.2, 0.25) is 0 Å². The second kappa shape index (κ2) is 8.47. The molecule has 3 amide bonds. The summed E-state index contributed by atoms with van der Waals surface area (Å²) < 4.78 is 15.3. The quantitative estimate of drug-likeness (QED) is 0.239. The zero-order valence-electron chi connectivity index (χ0n) is 16.0. The lowest BCUT2D eigenvalue weighted by Gasteiger charge is -2.09. The van der Waals surface area contributed by atoms with Crippen LogP contribution in [-0.2, 0) is 16.1 Å². The van der Waals surface area contributed by atoms with Gasteiger partial charge in [0.1, 0.15) is 17.2 Å². The molecule has 3 rings (SSSR count). The van der Waals surface area contributed by atoms with Gasteiger partial charge in [-0.25, -0.2) is 9.59 Å². The van der Waals surface area contributed by atoms with E-state index in [0.29, 0.717) is 12.4 Å². The summed E-state index contributed by atoms with van der Waals surface area (Å²) in [5.41, 5.74) is -0.00594. The highest BCUT2D eigenvalue weighted by Gasteiger charge is 2.34. The van der Waals surface area contributed by atoms with E-state index >= 15 is 0 Å². The summed E-state index contributed by atoms with van der Waals surface area (Å²) in [5.74, 6) is -0.887. The molecule has 1 saturated heterocycles. The lowest BCUT2D eigenvalue weighted by atomic mass is 10.1. The Balaban J connectivity index is 1.86. The minimum absolute atomic E-state index is 0.0618. The highest BCUT2D eigenvalue weighted by Crippen LogP contribution is 2.28. The number of urea groups is 1. The topological polar surface area (TPSA) is 141 Å². The summed E-state index contributed by atoms with van der Waals surface area (Å²) in [7, 11) is 1.20. The van der Waals surface area contributed by atoms with Crippen molar-refractivity contribution in [1.82, 2.24) is 10.2 Å². The van der Waals surface area contributed by atoms with Crippen LogP contribution >= 0.6 is 0 Å². The van der Waals surface area contributed by atoms with E-state index in [9.17, 15) is 24.5 Å². The molecule has 1 aliphatic rings. The molecule has 0 aliphatic carbocycles. The maximum absolute atomic E-state index is 12.7. The van der Waals surface area contributed by atoms with Gasteiger partial charge >= 0.3 is 12.0 Å². The van der Waals surface area contributed by atoms with Gasteiger partial charge in [0.2, 0.25) is 5.76 Å². The number of nitrogens with one attached hydrogen (secondary N) is 1. The van der Waals surface area contributed by atoms with Crippen LogP contribution in [-0.4, -0.2) is 41.4 Å². The predicted octanol–water partition coefficient (Wildman–Crippen LogP) is 2.47. The predicted molar refractivity (Wildman–Crippen MR) is 101 cm³/mol. The molecule has 0 atom stereocenters. The van der Waals surface area contributed by atoms with E-state index in [4.69, 9.17) is 9.15 Å². The maximum atomic E-state index is 12.7. The number of carbonyl (C=O) groups is 3. The zero-order chi connectivity index (χ0) is 21.8. The lowest BCUT2D eigenvalue weighted by molar-refractivity contribution is -0.384. The Morgan fingerprint density at radius 3 is 2.73 bits per heavy atom. The first kappa shape index (κ1) is 20.6. The maximum Gasteiger partial charge on any atom is 0.373 e. The van der Waals surface area contributed by atoms with Gasteiger partial charge in [-0.05, 0) is 31.2 Å². The van der Waals surface area contributed by atoms with Gasteiger partial charge in [-0.1, -0.05) is 0 Å². The number of hydrogen-bond donors (Lipinski definition) is 1. The summed E-state index contributed by atoms with van der Waals surface area (Å²) in [6, 6.07) is 6.06. The highest BCUT2D eigenvalue weighted by molar-refractivity contribution is 6.14. The van der Waals surface area contributed by atoms with Crippen molar-refractivity contribution >= 4 is 29.7 Å². The standard InChI is InChI=1S/C19H17N3O8/c1-3-29-15-6-4-12(22(26)27)8-11(15)9-14-17(23)21(19(25)20-14)10-13-5-7-16(30-13)18(24)28-2/h4-9H,3,10H2,1-2H3,(H,20,25)/b14-9-. The van der Waals surface area contributed by atoms with Crippen molar-refractivity contribution in [3.63, 3.8) is 0 Å². The molecule has 11 nitrogen and oxygen atoms in total. The zero-order valence-corrected chi connectivity index (χ0v) is 16.0. The molecular weight excluding hydrogens is 398 g/mol. The number of non-ortho nitro benzene ring substituents is 1. The molecule has 1 aromatic heterocycles. The van der Waals surface area contributed by atoms with E-state index in [1.807, 2.05) is 0 Å². The summed E-state index contributed by atoms with van der Waals surface area (Å²) >= 11 is 0. The van der Waals surface area contributed by atoms with Crippen LogP contribution in [0.1, 0.15) is 28.8 Å². The number of benzene rings is 1. The third-order valence-corrected chi connectivity index (χ3v) is 4.13. The molecular formula is C19H17N3O8. The number of esters is 1. The SMILES string of the molecule is CCOc1ccc([N+](=O)[O-])cc1/C=C1\NC(=O)N(Cc2ccc(C(=O)OC)o2)C1=O. The van der Waals surface area contributed by atoms with Gasteiger partial charge in [-0.3, -0.25) is 19.8 Å². The molecule has 0 spiro atoms. The van der Waals surface area contributed by atoms with Crippen LogP contribution < -0.4 is 10.1 Å². The Morgan fingerprint density at radius 2 is 2.07 bits per heavy atom. The normalized spacial score (nSPS) is 14.7. The summed E-state index contributed by atoms with van der Waals surface area (Å²) in [5, 5.41) is 13.5. The van der Waals surface area contributed by atoms with Gasteiger partial charge in [0.25, 0.3) is 11.6 Å². The highest BCUT2D eigenvalue weighted by atomic mass is 16.6. The van der Waals surface area contributed by atoms with Crippen LogP contribution in [0.4, 0.5) is 10.5 Å². The van der Waals surface area contributed by atoms with Crippen LogP contribution in [0.3, 0.4) is 0 Å². The molecule has 11 heteroatoms. The van der Waals surface area contributed by atoms with Crippen LogP contribution in [0.25, 0.3) is 6.08 Å². The third kappa shape index (κ3) is 4.14. The van der Waals surface area contributed by atoms with E-state index in [2.05, 4.69) is 10.1 Å². The number of nitrogens with zero attached hydrogens (tertiary/aromatic N) is 2. The Morgan fingerprint density at radius 1 is 1.30 bits per heavy atom. The molecule has 1 aromatic carbocycles. The Hall–Kier alpha value is -4.15. The van der Waals surface area contributed by atoms with Gasteiger partial charge in [0.05, 0.1) is 25.2 Å². The van der Waals surface area contributed by atoms with E-state index in [0.717, 1.165) is 4.90 Å². The largest absolute Gasteiger partial charge is 0.493 e. The molecule has 0 unspecified atom stereocenters. The minimum atomic E-state index is -0.703. The van der Waals surface area contributed by atoms with Crippen molar-refractivity contribution in [3.05, 3.63) is 63.2 Å². The average Bonchev–Trinajstić information content (AvgIpc) is 3.29. The molecule has 0 radical (unpaired) electrons. The fraction of sp³-hybridized carbons (Fsp3) is 0.211. The number of rotatable bonds is 7. The monoisotopic (exact) mass is 415 g/mol. The molecule has 1 fully saturated rings. The van der Waals surface area contributed by atoms with E-state index < -0.39 is 22.8 Å². The van der Waals surface area contributed by atoms with Crippen LogP contribution in [0.15, 0.2) is 40.4 Å². The number of methoxy groups -OCH3 is 1. The number of amides is 3. The summed E-state index contributed by atoms with van der Waals surface area (Å²) in [4.78, 5) is 47.8. The second-order valence-electron chi connectivity index (χ2n) is 6.05. The van der Waals surface area contributed by atoms with Crippen molar-refractivity contribution < 1.29 is 33.2 Å². The average molecular weight is 415 g/mol. The molecule has 2 heterocycles. The first-order valence-electron chi connectivity index (χ1n) is 8.76. The number of imide groups is 1. The van der Waals surface area contributed by atoms with E-state index in [1.165, 1.54) is 43.5 Å². The smallest absolute Gasteiger partial charge is 0.373 e. The van der Waals surface area contributed by atoms with Crippen molar-refractivity contribution in [1.29, 1.82) is 0 Å². The van der Waals surface area contributed by atoms with Crippen molar-refractivity contribution in [2.24, 2.45) is 0 Å². The molecule has 0 saturated carbocycles.